The summed E-state index contributed by atoms with van der Waals surface area (Å²) in [6, 6.07) is 1.29. The summed E-state index contributed by atoms with van der Waals surface area (Å²) in [6.07, 6.45) is 3.33. The smallest absolute Gasteiger partial charge is 0.329 e. The number of thiophene rings is 1. The van der Waals surface area contributed by atoms with Gasteiger partial charge >= 0.3 is 5.97 Å². The molecule has 1 fully saturated rings. The van der Waals surface area contributed by atoms with E-state index in [9.17, 15) is 23.1 Å². The second-order valence-corrected chi connectivity index (χ2v) is 9.10. The van der Waals surface area contributed by atoms with Crippen molar-refractivity contribution in [2.45, 2.75) is 42.4 Å². The molecular formula is C14H19NO5S2. The molecule has 2 N–H and O–H groups in total. The quantitative estimate of drug-likeness (QED) is 0.868. The first-order chi connectivity index (χ1) is 10.1. The fraction of sp³-hybridized carbons (Fsp3) is 0.571. The molecule has 8 heteroatoms. The number of carboxylic acid groups (broad SMARTS) is 1. The van der Waals surface area contributed by atoms with Crippen LogP contribution in [0.3, 0.4) is 0 Å². The molecule has 0 bridgehead atoms. The molecule has 1 aromatic rings. The maximum Gasteiger partial charge on any atom is 0.329 e. The third kappa shape index (κ3) is 3.49. The molecule has 122 valence electrons. The lowest BCUT2D eigenvalue weighted by molar-refractivity contribution is -0.146. The van der Waals surface area contributed by atoms with Crippen molar-refractivity contribution in [1.29, 1.82) is 0 Å². The molecule has 0 atom stereocenters. The van der Waals surface area contributed by atoms with Crippen molar-refractivity contribution < 1.29 is 23.1 Å². The zero-order valence-electron chi connectivity index (χ0n) is 12.5. The van der Waals surface area contributed by atoms with Crippen LogP contribution in [-0.2, 0) is 14.6 Å². The van der Waals surface area contributed by atoms with E-state index in [0.29, 0.717) is 18.8 Å². The Labute approximate surface area is 133 Å². The predicted molar refractivity (Wildman–Crippen MR) is 82.9 cm³/mol. The lowest BCUT2D eigenvalue weighted by atomic mass is 9.77. The number of aliphatic carboxylic acids is 1. The Balaban J connectivity index is 2.19. The van der Waals surface area contributed by atoms with Crippen LogP contribution in [0.25, 0.3) is 0 Å². The third-order valence-electron chi connectivity index (χ3n) is 4.09. The van der Waals surface area contributed by atoms with Crippen molar-refractivity contribution in [3.05, 3.63) is 17.0 Å². The first-order valence-corrected chi connectivity index (χ1v) is 9.76. The Hall–Kier alpha value is -1.41. The molecule has 0 spiro atoms. The van der Waals surface area contributed by atoms with Gasteiger partial charge in [0, 0.05) is 11.6 Å². The first kappa shape index (κ1) is 17.0. The molecule has 0 aliphatic heterocycles. The van der Waals surface area contributed by atoms with Crippen LogP contribution in [0.1, 0.15) is 43.0 Å². The summed E-state index contributed by atoms with van der Waals surface area (Å²) in [5.74, 6) is -1.13. The van der Waals surface area contributed by atoms with Crippen molar-refractivity contribution in [2.24, 2.45) is 5.92 Å². The number of hydrogen-bond acceptors (Lipinski definition) is 5. The highest BCUT2D eigenvalue weighted by Crippen LogP contribution is 2.32. The number of sulfone groups is 1. The second kappa shape index (κ2) is 6.00. The SMILES string of the molecule is CC1CCC(NC(=O)c2csc(S(C)(=O)=O)c2)(C(=O)O)CC1. The Morgan fingerprint density at radius 1 is 1.36 bits per heavy atom. The van der Waals surface area contributed by atoms with E-state index >= 15 is 0 Å². The van der Waals surface area contributed by atoms with E-state index in [0.717, 1.165) is 30.4 Å². The van der Waals surface area contributed by atoms with Gasteiger partial charge in [0.2, 0.25) is 0 Å². The summed E-state index contributed by atoms with van der Waals surface area (Å²) >= 11 is 0.958. The summed E-state index contributed by atoms with van der Waals surface area (Å²) in [4.78, 5) is 23.9. The van der Waals surface area contributed by atoms with E-state index in [1.54, 1.807) is 0 Å². The molecule has 6 nitrogen and oxygen atoms in total. The molecule has 1 aliphatic rings. The van der Waals surface area contributed by atoms with Crippen LogP contribution in [0.2, 0.25) is 0 Å². The van der Waals surface area contributed by atoms with Crippen molar-refractivity contribution in [1.82, 2.24) is 5.32 Å². The van der Waals surface area contributed by atoms with Crippen molar-refractivity contribution in [3.8, 4) is 0 Å². The largest absolute Gasteiger partial charge is 0.480 e. The van der Waals surface area contributed by atoms with E-state index in [2.05, 4.69) is 12.2 Å². The van der Waals surface area contributed by atoms with Gasteiger partial charge in [-0.25, -0.2) is 13.2 Å². The minimum absolute atomic E-state index is 0.0966. The van der Waals surface area contributed by atoms with Gasteiger partial charge in [0.25, 0.3) is 5.91 Å². The van der Waals surface area contributed by atoms with Gasteiger partial charge in [-0.1, -0.05) is 6.92 Å². The van der Waals surface area contributed by atoms with Gasteiger partial charge in [-0.05, 0) is 37.7 Å². The van der Waals surface area contributed by atoms with Gasteiger partial charge in [0.05, 0.1) is 5.56 Å². The van der Waals surface area contributed by atoms with Gasteiger partial charge in [0.1, 0.15) is 9.75 Å². The number of carbonyl (C=O) groups is 2. The van der Waals surface area contributed by atoms with Crippen LogP contribution in [0.4, 0.5) is 0 Å². The lowest BCUT2D eigenvalue weighted by Crippen LogP contribution is -2.56. The second-order valence-electron chi connectivity index (χ2n) is 5.95. The summed E-state index contributed by atoms with van der Waals surface area (Å²) < 4.78 is 23.0. The Morgan fingerprint density at radius 3 is 2.41 bits per heavy atom. The average Bonchev–Trinajstić information content (AvgIpc) is 2.91. The highest BCUT2D eigenvalue weighted by atomic mass is 32.2. The zero-order chi connectivity index (χ0) is 16.5. The predicted octanol–water partition coefficient (Wildman–Crippen LogP) is 1.91. The van der Waals surface area contributed by atoms with Gasteiger partial charge in [0.15, 0.2) is 9.84 Å². The van der Waals surface area contributed by atoms with Crippen LogP contribution < -0.4 is 5.32 Å². The first-order valence-electron chi connectivity index (χ1n) is 6.98. The normalized spacial score (nSPS) is 25.6. The molecule has 1 amide bonds. The van der Waals surface area contributed by atoms with Gasteiger partial charge in [-0.15, -0.1) is 11.3 Å². The fourth-order valence-electron chi connectivity index (χ4n) is 2.57. The molecule has 1 aromatic heterocycles. The number of nitrogens with one attached hydrogen (secondary N) is 1. The van der Waals surface area contributed by atoms with Crippen LogP contribution in [-0.4, -0.2) is 37.2 Å². The molecule has 0 unspecified atom stereocenters. The average molecular weight is 345 g/mol. The standard InChI is InChI=1S/C14H19NO5S2/c1-9-3-5-14(6-4-9,13(17)18)15-12(16)10-7-11(21-8-10)22(2,19)20/h7-9H,3-6H2,1-2H3,(H,15,16)(H,17,18). The monoisotopic (exact) mass is 345 g/mol. The Bertz CT molecular complexity index is 684. The van der Waals surface area contributed by atoms with E-state index in [1.807, 2.05) is 0 Å². The number of carbonyl (C=O) groups excluding carboxylic acids is 1. The Kier molecular flexibility index (Phi) is 4.62. The highest BCUT2D eigenvalue weighted by Gasteiger charge is 2.42. The van der Waals surface area contributed by atoms with Crippen molar-refractivity contribution in [3.63, 3.8) is 0 Å². The van der Waals surface area contributed by atoms with Crippen LogP contribution in [0, 0.1) is 5.92 Å². The molecule has 0 radical (unpaired) electrons. The number of rotatable bonds is 4. The molecular weight excluding hydrogens is 326 g/mol. The fourth-order valence-corrected chi connectivity index (χ4v) is 4.36. The Morgan fingerprint density at radius 2 is 1.95 bits per heavy atom. The van der Waals surface area contributed by atoms with Crippen molar-refractivity contribution >= 4 is 33.1 Å². The maximum absolute atomic E-state index is 12.3. The summed E-state index contributed by atoms with van der Waals surface area (Å²) in [5, 5.41) is 13.5. The molecule has 2 rings (SSSR count). The molecule has 1 aliphatic carbocycles. The third-order valence-corrected chi connectivity index (χ3v) is 6.86. The number of hydrogen-bond donors (Lipinski definition) is 2. The van der Waals surface area contributed by atoms with Gasteiger partial charge < -0.3 is 10.4 Å². The van der Waals surface area contributed by atoms with Crippen LogP contribution in [0.15, 0.2) is 15.7 Å². The summed E-state index contributed by atoms with van der Waals surface area (Å²) in [5.41, 5.74) is -1.07. The van der Waals surface area contributed by atoms with E-state index in [1.165, 1.54) is 11.4 Å². The highest BCUT2D eigenvalue weighted by molar-refractivity contribution is 7.92. The molecule has 1 heterocycles. The molecule has 0 aromatic carbocycles. The minimum atomic E-state index is -3.37. The van der Waals surface area contributed by atoms with Gasteiger partial charge in [-0.2, -0.15) is 0 Å². The molecule has 22 heavy (non-hydrogen) atoms. The van der Waals surface area contributed by atoms with Crippen LogP contribution >= 0.6 is 11.3 Å². The van der Waals surface area contributed by atoms with E-state index in [-0.39, 0.29) is 9.77 Å². The topological polar surface area (TPSA) is 101 Å². The number of carboxylic acids is 1. The summed E-state index contributed by atoms with van der Waals surface area (Å²) in [6.45, 7) is 2.06. The zero-order valence-corrected chi connectivity index (χ0v) is 14.1. The minimum Gasteiger partial charge on any atom is -0.480 e. The molecule has 0 saturated heterocycles. The van der Waals surface area contributed by atoms with Gasteiger partial charge in [-0.3, -0.25) is 4.79 Å². The lowest BCUT2D eigenvalue weighted by Gasteiger charge is -2.36. The van der Waals surface area contributed by atoms with E-state index < -0.39 is 27.3 Å². The summed E-state index contributed by atoms with van der Waals surface area (Å²) in [7, 11) is -3.37. The van der Waals surface area contributed by atoms with E-state index in [4.69, 9.17) is 0 Å². The number of amides is 1. The molecule has 1 saturated carbocycles. The maximum atomic E-state index is 12.3. The van der Waals surface area contributed by atoms with Crippen molar-refractivity contribution in [2.75, 3.05) is 6.26 Å². The van der Waals surface area contributed by atoms with Crippen LogP contribution in [0.5, 0.6) is 0 Å².